The van der Waals surface area contributed by atoms with Gasteiger partial charge in [0.05, 0.1) is 0 Å². The fraction of sp³-hybridized carbons (Fsp3) is 1.00. The second-order valence-electron chi connectivity index (χ2n) is 3.18. The molecule has 2 unspecified atom stereocenters. The minimum Gasteiger partial charge on any atom is -0.327 e. The molecule has 2 nitrogen and oxygen atoms in total. The smallest absolute Gasteiger partial charge is 0.00790 e. The zero-order chi connectivity index (χ0) is 8.69. The monoisotopic (exact) mass is 158 g/mol. The molecule has 68 valence electrons. The van der Waals surface area contributed by atoms with Crippen molar-refractivity contribution < 1.29 is 0 Å². The highest BCUT2D eigenvalue weighted by atomic mass is 14.8. The van der Waals surface area contributed by atoms with Crippen LogP contribution in [0.4, 0.5) is 0 Å². The average Bonchev–Trinajstić information content (AvgIpc) is 2.00. The Hall–Kier alpha value is -0.0800. The van der Waals surface area contributed by atoms with Crippen molar-refractivity contribution in [1.82, 2.24) is 5.32 Å². The van der Waals surface area contributed by atoms with Crippen molar-refractivity contribution in [3.8, 4) is 0 Å². The topological polar surface area (TPSA) is 38.0 Å². The molecule has 0 radical (unpaired) electrons. The van der Waals surface area contributed by atoms with E-state index in [-0.39, 0.29) is 0 Å². The SMILES string of the molecule is CCCC(N)C(CC)CNC. The molecule has 0 aromatic heterocycles. The van der Waals surface area contributed by atoms with Gasteiger partial charge in [-0.25, -0.2) is 0 Å². The van der Waals surface area contributed by atoms with E-state index in [9.17, 15) is 0 Å². The Labute approximate surface area is 70.5 Å². The number of hydrogen-bond acceptors (Lipinski definition) is 2. The van der Waals surface area contributed by atoms with E-state index >= 15 is 0 Å². The predicted octanol–water partition coefficient (Wildman–Crippen LogP) is 1.36. The van der Waals surface area contributed by atoms with Gasteiger partial charge in [-0.2, -0.15) is 0 Å². The maximum atomic E-state index is 5.99. The van der Waals surface area contributed by atoms with E-state index in [2.05, 4.69) is 19.2 Å². The summed E-state index contributed by atoms with van der Waals surface area (Å²) in [4.78, 5) is 0. The van der Waals surface area contributed by atoms with E-state index in [0.29, 0.717) is 12.0 Å². The molecule has 0 rings (SSSR count). The van der Waals surface area contributed by atoms with E-state index < -0.39 is 0 Å². The van der Waals surface area contributed by atoms with Crippen LogP contribution in [0, 0.1) is 5.92 Å². The lowest BCUT2D eigenvalue weighted by Gasteiger charge is -2.21. The van der Waals surface area contributed by atoms with Crippen LogP contribution in [0.25, 0.3) is 0 Å². The van der Waals surface area contributed by atoms with Crippen LogP contribution in [-0.4, -0.2) is 19.6 Å². The zero-order valence-electron chi connectivity index (χ0n) is 8.06. The lowest BCUT2D eigenvalue weighted by atomic mass is 9.94. The molecule has 0 aliphatic heterocycles. The van der Waals surface area contributed by atoms with Crippen molar-refractivity contribution >= 4 is 0 Å². The van der Waals surface area contributed by atoms with Crippen LogP contribution in [0.3, 0.4) is 0 Å². The van der Waals surface area contributed by atoms with E-state index in [0.717, 1.165) is 13.0 Å². The maximum absolute atomic E-state index is 5.99. The third-order valence-corrected chi connectivity index (χ3v) is 2.22. The molecule has 0 bridgehead atoms. The van der Waals surface area contributed by atoms with Crippen molar-refractivity contribution in [3.05, 3.63) is 0 Å². The van der Waals surface area contributed by atoms with Gasteiger partial charge in [0, 0.05) is 6.04 Å². The summed E-state index contributed by atoms with van der Waals surface area (Å²) < 4.78 is 0. The van der Waals surface area contributed by atoms with Gasteiger partial charge < -0.3 is 11.1 Å². The van der Waals surface area contributed by atoms with Crippen LogP contribution >= 0.6 is 0 Å². The Morgan fingerprint density at radius 1 is 1.36 bits per heavy atom. The summed E-state index contributed by atoms with van der Waals surface area (Å²) in [5.74, 6) is 0.653. The van der Waals surface area contributed by atoms with Crippen LogP contribution in [0.1, 0.15) is 33.1 Å². The van der Waals surface area contributed by atoms with Gasteiger partial charge in [0.2, 0.25) is 0 Å². The van der Waals surface area contributed by atoms with Crippen LogP contribution in [0.2, 0.25) is 0 Å². The summed E-state index contributed by atoms with van der Waals surface area (Å²) in [6.45, 7) is 5.45. The summed E-state index contributed by atoms with van der Waals surface area (Å²) in [5, 5.41) is 3.18. The minimum absolute atomic E-state index is 0.387. The number of hydrogen-bond donors (Lipinski definition) is 2. The van der Waals surface area contributed by atoms with Gasteiger partial charge in [0.15, 0.2) is 0 Å². The Morgan fingerprint density at radius 3 is 2.36 bits per heavy atom. The Bertz CT molecular complexity index is 83.6. The largest absolute Gasteiger partial charge is 0.327 e. The van der Waals surface area contributed by atoms with Gasteiger partial charge in [-0.15, -0.1) is 0 Å². The van der Waals surface area contributed by atoms with E-state index in [1.807, 2.05) is 7.05 Å². The number of nitrogens with two attached hydrogens (primary N) is 1. The van der Waals surface area contributed by atoms with E-state index in [1.54, 1.807) is 0 Å². The average molecular weight is 158 g/mol. The summed E-state index contributed by atoms with van der Waals surface area (Å²) in [7, 11) is 1.99. The van der Waals surface area contributed by atoms with Gasteiger partial charge in [-0.05, 0) is 25.9 Å². The lowest BCUT2D eigenvalue weighted by molar-refractivity contribution is 0.375. The Balaban J connectivity index is 3.61. The zero-order valence-corrected chi connectivity index (χ0v) is 8.06. The molecule has 0 fully saturated rings. The van der Waals surface area contributed by atoms with E-state index in [4.69, 9.17) is 5.73 Å². The van der Waals surface area contributed by atoms with Gasteiger partial charge in [-0.1, -0.05) is 26.7 Å². The second kappa shape index (κ2) is 6.62. The normalized spacial score (nSPS) is 16.4. The first kappa shape index (κ1) is 10.9. The quantitative estimate of drug-likeness (QED) is 0.612. The highest BCUT2D eigenvalue weighted by Crippen LogP contribution is 2.09. The summed E-state index contributed by atoms with van der Waals surface area (Å²) >= 11 is 0. The standard InChI is InChI=1S/C9H22N2/c1-4-6-9(10)8(5-2)7-11-3/h8-9,11H,4-7,10H2,1-3H3. The first-order chi connectivity index (χ1) is 5.26. The molecule has 0 saturated carbocycles. The van der Waals surface area contributed by atoms with Crippen LogP contribution in [-0.2, 0) is 0 Å². The van der Waals surface area contributed by atoms with Crippen molar-refractivity contribution in [1.29, 1.82) is 0 Å². The molecule has 0 aromatic carbocycles. The first-order valence-electron chi connectivity index (χ1n) is 4.66. The lowest BCUT2D eigenvalue weighted by Crippen LogP contribution is -2.35. The second-order valence-corrected chi connectivity index (χ2v) is 3.18. The molecule has 0 spiro atoms. The summed E-state index contributed by atoms with van der Waals surface area (Å²) in [5.41, 5.74) is 5.99. The highest BCUT2D eigenvalue weighted by Gasteiger charge is 2.13. The maximum Gasteiger partial charge on any atom is 0.00790 e. The molecule has 0 aliphatic carbocycles. The van der Waals surface area contributed by atoms with Crippen LogP contribution in [0.5, 0.6) is 0 Å². The summed E-state index contributed by atoms with van der Waals surface area (Å²) in [6.07, 6.45) is 3.53. The van der Waals surface area contributed by atoms with Gasteiger partial charge in [-0.3, -0.25) is 0 Å². The molecule has 2 heteroatoms. The molecule has 2 atom stereocenters. The first-order valence-corrected chi connectivity index (χ1v) is 4.66. The van der Waals surface area contributed by atoms with Gasteiger partial charge in [0.25, 0.3) is 0 Å². The van der Waals surface area contributed by atoms with E-state index in [1.165, 1.54) is 12.8 Å². The van der Waals surface area contributed by atoms with Crippen molar-refractivity contribution in [2.75, 3.05) is 13.6 Å². The molecule has 3 N–H and O–H groups in total. The number of nitrogens with one attached hydrogen (secondary N) is 1. The summed E-state index contributed by atoms with van der Waals surface area (Å²) in [6, 6.07) is 0.387. The molecule has 0 aromatic rings. The van der Waals surface area contributed by atoms with Gasteiger partial charge in [0.1, 0.15) is 0 Å². The Morgan fingerprint density at radius 2 is 2.00 bits per heavy atom. The third-order valence-electron chi connectivity index (χ3n) is 2.22. The predicted molar refractivity (Wildman–Crippen MR) is 50.6 cm³/mol. The van der Waals surface area contributed by atoms with Gasteiger partial charge >= 0.3 is 0 Å². The van der Waals surface area contributed by atoms with Crippen molar-refractivity contribution in [2.45, 2.75) is 39.2 Å². The third kappa shape index (κ3) is 4.38. The molecular formula is C9H22N2. The molecule has 0 amide bonds. The Kier molecular flexibility index (Phi) is 6.57. The highest BCUT2D eigenvalue weighted by molar-refractivity contribution is 4.72. The molecule has 0 heterocycles. The fourth-order valence-electron chi connectivity index (χ4n) is 1.43. The van der Waals surface area contributed by atoms with Crippen molar-refractivity contribution in [3.63, 3.8) is 0 Å². The fourth-order valence-corrected chi connectivity index (χ4v) is 1.43. The molecule has 11 heavy (non-hydrogen) atoms. The van der Waals surface area contributed by atoms with Crippen molar-refractivity contribution in [2.24, 2.45) is 11.7 Å². The van der Waals surface area contributed by atoms with Crippen LogP contribution in [0.15, 0.2) is 0 Å². The van der Waals surface area contributed by atoms with Crippen LogP contribution < -0.4 is 11.1 Å². The molecule has 0 saturated heterocycles. The molecular weight excluding hydrogens is 136 g/mol. The minimum atomic E-state index is 0.387. The number of rotatable bonds is 6. The molecule has 0 aliphatic rings.